The number of carboxylic acid groups (broad SMARTS) is 1. The summed E-state index contributed by atoms with van der Waals surface area (Å²) in [5.74, 6) is -2.13. The second-order valence-corrected chi connectivity index (χ2v) is 8.65. The fourth-order valence-electron chi connectivity index (χ4n) is 3.04. The molecule has 0 heterocycles. The highest BCUT2D eigenvalue weighted by Crippen LogP contribution is 2.29. The first-order chi connectivity index (χ1) is 14.6. The van der Waals surface area contributed by atoms with E-state index in [-0.39, 0.29) is 16.6 Å². The van der Waals surface area contributed by atoms with Gasteiger partial charge < -0.3 is 14.7 Å². The molecule has 0 bridgehead atoms. The molecule has 10 heteroatoms. The van der Waals surface area contributed by atoms with Crippen molar-refractivity contribution >= 4 is 34.1 Å². The zero-order valence-electron chi connectivity index (χ0n) is 17.3. The van der Waals surface area contributed by atoms with Crippen LogP contribution in [0.5, 0.6) is 0 Å². The van der Waals surface area contributed by atoms with Gasteiger partial charge in [0.25, 0.3) is 0 Å². The summed E-state index contributed by atoms with van der Waals surface area (Å²) in [5, 5.41) is 9.07. The fourth-order valence-corrected chi connectivity index (χ4v) is 4.52. The van der Waals surface area contributed by atoms with Crippen molar-refractivity contribution in [2.75, 3.05) is 12.0 Å². The molecule has 0 saturated heterocycles. The molecule has 2 N–H and O–H groups in total. The topological polar surface area (TPSA) is 130 Å². The van der Waals surface area contributed by atoms with E-state index in [1.807, 2.05) is 0 Å². The van der Waals surface area contributed by atoms with Gasteiger partial charge in [-0.2, -0.15) is 0 Å². The number of carboxylic acids is 1. The van der Waals surface area contributed by atoms with Crippen LogP contribution in [-0.2, 0) is 29.1 Å². The highest BCUT2D eigenvalue weighted by Gasteiger charge is 2.30. The maximum absolute atomic E-state index is 12.7. The summed E-state index contributed by atoms with van der Waals surface area (Å²) in [7, 11) is -2.65. The second-order valence-electron chi connectivity index (χ2n) is 6.97. The molecular formula is C21H24N2O7S. The van der Waals surface area contributed by atoms with E-state index in [1.54, 1.807) is 44.2 Å². The first kappa shape index (κ1) is 24.0. The van der Waals surface area contributed by atoms with Gasteiger partial charge in [-0.05, 0) is 37.6 Å². The third kappa shape index (κ3) is 5.89. The Morgan fingerprint density at radius 1 is 1.13 bits per heavy atom. The largest absolute Gasteiger partial charge is 0.481 e. The van der Waals surface area contributed by atoms with Crippen molar-refractivity contribution in [3.8, 4) is 11.1 Å². The minimum atomic E-state index is -3.75. The molecule has 0 saturated carbocycles. The van der Waals surface area contributed by atoms with Gasteiger partial charge in [0.2, 0.25) is 16.4 Å². The number of ether oxygens (including phenoxy) is 1. The van der Waals surface area contributed by atoms with Gasteiger partial charge in [-0.25, -0.2) is 17.9 Å². The predicted molar refractivity (Wildman–Crippen MR) is 114 cm³/mol. The average molecular weight is 448 g/mol. The summed E-state index contributed by atoms with van der Waals surface area (Å²) < 4.78 is 32.5. The second kappa shape index (κ2) is 10.2. The van der Waals surface area contributed by atoms with Gasteiger partial charge in [-0.1, -0.05) is 30.3 Å². The summed E-state index contributed by atoms with van der Waals surface area (Å²) in [6, 6.07) is 11.0. The van der Waals surface area contributed by atoms with Crippen molar-refractivity contribution in [3.05, 3.63) is 48.5 Å². The van der Waals surface area contributed by atoms with E-state index >= 15 is 0 Å². The van der Waals surface area contributed by atoms with Crippen LogP contribution < -0.4 is 9.62 Å². The summed E-state index contributed by atoms with van der Waals surface area (Å²) >= 11 is 0. The third-order valence-corrected chi connectivity index (χ3v) is 6.05. The lowest BCUT2D eigenvalue weighted by Crippen LogP contribution is -2.42. The van der Waals surface area contributed by atoms with Crippen molar-refractivity contribution in [2.45, 2.75) is 37.2 Å². The fraction of sp³-hybridized carbons (Fsp3) is 0.286. The molecule has 0 aliphatic heterocycles. The molecule has 1 amide bonds. The number of rotatable bonds is 10. The lowest BCUT2D eigenvalue weighted by atomic mass is 10.0. The van der Waals surface area contributed by atoms with Gasteiger partial charge in [-0.3, -0.25) is 9.59 Å². The Balaban J connectivity index is 2.45. The van der Waals surface area contributed by atoms with Crippen LogP contribution in [0.1, 0.15) is 20.3 Å². The number of methoxy groups -OCH3 is 1. The van der Waals surface area contributed by atoms with Crippen LogP contribution in [0.15, 0.2) is 53.4 Å². The van der Waals surface area contributed by atoms with Crippen molar-refractivity contribution in [1.29, 1.82) is 0 Å². The summed E-state index contributed by atoms with van der Waals surface area (Å²) in [5.41, 5.74) is 1.28. The number of esters is 1. The highest BCUT2D eigenvalue weighted by atomic mass is 32.2. The van der Waals surface area contributed by atoms with Crippen molar-refractivity contribution < 1.29 is 32.6 Å². The molecule has 0 fully saturated rings. The van der Waals surface area contributed by atoms with E-state index < -0.39 is 34.4 Å². The molecule has 9 nitrogen and oxygen atoms in total. The van der Waals surface area contributed by atoms with Crippen molar-refractivity contribution in [2.24, 2.45) is 0 Å². The molecule has 2 rings (SSSR count). The molecule has 0 spiro atoms. The van der Waals surface area contributed by atoms with Crippen LogP contribution in [0.3, 0.4) is 0 Å². The van der Waals surface area contributed by atoms with Gasteiger partial charge in [0.15, 0.2) is 0 Å². The van der Waals surface area contributed by atoms with Crippen LogP contribution in [0, 0.1) is 0 Å². The lowest BCUT2D eigenvalue weighted by Gasteiger charge is -2.25. The van der Waals surface area contributed by atoms with Crippen LogP contribution in [-0.4, -0.2) is 51.1 Å². The Morgan fingerprint density at radius 2 is 1.74 bits per heavy atom. The third-order valence-electron chi connectivity index (χ3n) is 4.33. The maximum atomic E-state index is 12.7. The Morgan fingerprint density at radius 3 is 2.26 bits per heavy atom. The Hall–Kier alpha value is -3.24. The van der Waals surface area contributed by atoms with E-state index in [9.17, 15) is 22.8 Å². The van der Waals surface area contributed by atoms with Gasteiger partial charge in [0.1, 0.15) is 6.04 Å². The number of hydrogen-bond donors (Lipinski definition) is 2. The monoisotopic (exact) mass is 448 g/mol. The smallest absolute Gasteiger partial charge is 0.329 e. The molecule has 0 aliphatic carbocycles. The quantitative estimate of drug-likeness (QED) is 0.420. The number of nitrogens with zero attached hydrogens (tertiary/aromatic N) is 1. The van der Waals surface area contributed by atoms with Gasteiger partial charge >= 0.3 is 11.9 Å². The first-order valence-electron chi connectivity index (χ1n) is 9.35. The molecule has 1 unspecified atom stereocenters. The predicted octanol–water partition coefficient (Wildman–Crippen LogP) is 2.02. The number of aliphatic carboxylic acids is 1. The zero-order valence-corrected chi connectivity index (χ0v) is 18.1. The van der Waals surface area contributed by atoms with Crippen LogP contribution in [0.2, 0.25) is 0 Å². The molecule has 2 aromatic carbocycles. The SMILES string of the molecule is COC(=O)C(CC(=O)O)N(C=O)c1ccc(-c2ccccc2S(=O)(=O)NC(C)C)cc1. The minimum Gasteiger partial charge on any atom is -0.481 e. The van der Waals surface area contributed by atoms with Gasteiger partial charge in [0, 0.05) is 17.3 Å². The van der Waals surface area contributed by atoms with Gasteiger partial charge in [0.05, 0.1) is 18.4 Å². The summed E-state index contributed by atoms with van der Waals surface area (Å²) in [6.45, 7) is 3.44. The molecule has 0 radical (unpaired) electrons. The van der Waals surface area contributed by atoms with E-state index in [0.29, 0.717) is 17.5 Å². The minimum absolute atomic E-state index is 0.0991. The normalized spacial score (nSPS) is 12.3. The number of benzene rings is 2. The maximum Gasteiger partial charge on any atom is 0.329 e. The molecular weight excluding hydrogens is 424 g/mol. The van der Waals surface area contributed by atoms with Crippen LogP contribution in [0.4, 0.5) is 5.69 Å². The molecule has 31 heavy (non-hydrogen) atoms. The first-order valence-corrected chi connectivity index (χ1v) is 10.8. The van der Waals surface area contributed by atoms with E-state index in [1.165, 1.54) is 18.2 Å². The van der Waals surface area contributed by atoms with E-state index in [0.717, 1.165) is 12.0 Å². The number of nitrogens with one attached hydrogen (secondary N) is 1. The van der Waals surface area contributed by atoms with Gasteiger partial charge in [-0.15, -0.1) is 0 Å². The summed E-state index contributed by atoms with van der Waals surface area (Å²) in [6.07, 6.45) is -0.278. The number of sulfonamides is 1. The van der Waals surface area contributed by atoms with Crippen molar-refractivity contribution in [1.82, 2.24) is 4.72 Å². The summed E-state index contributed by atoms with van der Waals surface area (Å²) in [4.78, 5) is 35.8. The Bertz CT molecular complexity index is 1050. The number of amides is 1. The van der Waals surface area contributed by atoms with Crippen molar-refractivity contribution in [3.63, 3.8) is 0 Å². The molecule has 2 aromatic rings. The number of anilines is 1. The molecule has 1 atom stereocenters. The molecule has 0 aliphatic rings. The lowest BCUT2D eigenvalue weighted by molar-refractivity contribution is -0.147. The standard InChI is InChI=1S/C21H24N2O7S/c1-14(2)22-31(28,29)19-7-5-4-6-17(19)15-8-10-16(11-9-15)23(13-24)18(12-20(25)26)21(27)30-3/h4-11,13-14,18,22H,12H2,1-3H3,(H,25,26). The van der Waals surface area contributed by atoms with E-state index in [2.05, 4.69) is 9.46 Å². The van der Waals surface area contributed by atoms with E-state index in [4.69, 9.17) is 5.11 Å². The average Bonchev–Trinajstić information content (AvgIpc) is 2.72. The Labute approximate surface area is 180 Å². The molecule has 166 valence electrons. The highest BCUT2D eigenvalue weighted by molar-refractivity contribution is 7.89. The number of carbonyl (C=O) groups is 3. The van der Waals surface area contributed by atoms with Crippen LogP contribution >= 0.6 is 0 Å². The number of carbonyl (C=O) groups excluding carboxylic acids is 2. The van der Waals surface area contributed by atoms with Crippen LogP contribution in [0.25, 0.3) is 11.1 Å². The zero-order chi connectivity index (χ0) is 23.2. The molecule has 0 aromatic heterocycles. The number of hydrogen-bond acceptors (Lipinski definition) is 6. The Kier molecular flexibility index (Phi) is 7.89.